The third-order valence-electron chi connectivity index (χ3n) is 4.11. The highest BCUT2D eigenvalue weighted by Gasteiger charge is 2.18. The minimum atomic E-state index is -3.47. The molecule has 7 nitrogen and oxygen atoms in total. The molecule has 1 heterocycles. The Labute approximate surface area is 169 Å². The second-order valence-corrected chi connectivity index (χ2v) is 8.66. The number of nitrogens with zero attached hydrogens (tertiary/aromatic N) is 1. The Balaban J connectivity index is 1.56. The number of hydrogen-bond acceptors (Lipinski definition) is 5. The number of amides is 1. The molecule has 28 heavy (non-hydrogen) atoms. The van der Waals surface area contributed by atoms with Crippen molar-refractivity contribution in [3.8, 4) is 11.5 Å². The predicted molar refractivity (Wildman–Crippen MR) is 109 cm³/mol. The molecule has 0 fully saturated rings. The first kappa shape index (κ1) is 20.3. The number of hydrogen-bond donors (Lipinski definition) is 1. The van der Waals surface area contributed by atoms with Gasteiger partial charge >= 0.3 is 0 Å². The van der Waals surface area contributed by atoms with Crippen LogP contribution in [0.5, 0.6) is 11.5 Å². The molecule has 9 heteroatoms. The van der Waals surface area contributed by atoms with Crippen LogP contribution in [0, 0.1) is 0 Å². The maximum atomic E-state index is 12.2. The summed E-state index contributed by atoms with van der Waals surface area (Å²) in [5, 5.41) is 3.32. The van der Waals surface area contributed by atoms with E-state index in [2.05, 4.69) is 5.32 Å². The van der Waals surface area contributed by atoms with E-state index in [0.717, 1.165) is 6.26 Å². The molecular weight excluding hydrogens is 404 g/mol. The summed E-state index contributed by atoms with van der Waals surface area (Å²) in [7, 11) is -3.47. The largest absolute Gasteiger partial charge is 0.486 e. The number of rotatable bonds is 7. The number of carbonyl (C=O) groups excluding carboxylic acids is 1. The molecule has 1 N–H and O–H groups in total. The van der Waals surface area contributed by atoms with Crippen LogP contribution in [0.4, 0.5) is 11.4 Å². The molecule has 1 aliphatic heterocycles. The molecule has 2 aromatic carbocycles. The number of anilines is 2. The van der Waals surface area contributed by atoms with Crippen LogP contribution in [-0.4, -0.2) is 40.3 Å². The molecule has 0 spiro atoms. The molecule has 0 aromatic heterocycles. The van der Waals surface area contributed by atoms with Crippen molar-refractivity contribution >= 4 is 38.9 Å². The molecule has 1 amide bonds. The molecular formula is C19H21ClN2O5S. The van der Waals surface area contributed by atoms with Gasteiger partial charge in [-0.15, -0.1) is 0 Å². The lowest BCUT2D eigenvalue weighted by Crippen LogP contribution is -2.31. The smallest absolute Gasteiger partial charge is 0.232 e. The Morgan fingerprint density at radius 3 is 2.46 bits per heavy atom. The first-order valence-corrected chi connectivity index (χ1v) is 11.0. The zero-order valence-corrected chi connectivity index (χ0v) is 16.9. The number of fused-ring (bicyclic) bond motifs is 1. The molecule has 0 atom stereocenters. The van der Waals surface area contributed by atoms with Crippen LogP contribution in [0.1, 0.15) is 12.8 Å². The van der Waals surface area contributed by atoms with Gasteiger partial charge in [0.2, 0.25) is 15.9 Å². The van der Waals surface area contributed by atoms with Gasteiger partial charge in [-0.05, 0) is 42.8 Å². The zero-order valence-electron chi connectivity index (χ0n) is 15.4. The minimum Gasteiger partial charge on any atom is -0.486 e. The van der Waals surface area contributed by atoms with Crippen molar-refractivity contribution in [1.82, 2.24) is 0 Å². The standard InChI is InChI=1S/C19H21ClN2O5S/c1-28(24,25)22(16-7-4-14(20)5-8-16)10-2-3-19(23)21-15-6-9-17-18(13-15)27-12-11-26-17/h4-9,13H,2-3,10-12H2,1H3,(H,21,23). The molecule has 0 aliphatic carbocycles. The fraction of sp³-hybridized carbons (Fsp3) is 0.316. The highest BCUT2D eigenvalue weighted by molar-refractivity contribution is 7.92. The molecule has 0 saturated heterocycles. The van der Waals surface area contributed by atoms with E-state index in [1.807, 2.05) is 0 Å². The third-order valence-corrected chi connectivity index (χ3v) is 5.55. The van der Waals surface area contributed by atoms with Crippen LogP contribution >= 0.6 is 11.6 Å². The van der Waals surface area contributed by atoms with Gasteiger partial charge in [0.25, 0.3) is 0 Å². The molecule has 0 unspecified atom stereocenters. The highest BCUT2D eigenvalue weighted by atomic mass is 35.5. The number of halogens is 1. The van der Waals surface area contributed by atoms with Crippen LogP contribution < -0.4 is 19.1 Å². The van der Waals surface area contributed by atoms with E-state index in [9.17, 15) is 13.2 Å². The molecule has 0 radical (unpaired) electrons. The molecule has 3 rings (SSSR count). The lowest BCUT2D eigenvalue weighted by atomic mass is 10.2. The Hall–Kier alpha value is -2.45. The predicted octanol–water partition coefficient (Wildman–Crippen LogP) is 3.30. The van der Waals surface area contributed by atoms with Gasteiger partial charge in [0, 0.05) is 29.7 Å². The quantitative estimate of drug-likeness (QED) is 0.737. The van der Waals surface area contributed by atoms with Crippen LogP contribution in [0.15, 0.2) is 42.5 Å². The number of nitrogens with one attached hydrogen (secondary N) is 1. The van der Waals surface area contributed by atoms with Gasteiger partial charge in [0.15, 0.2) is 11.5 Å². The van der Waals surface area contributed by atoms with Gasteiger partial charge in [-0.1, -0.05) is 11.6 Å². The van der Waals surface area contributed by atoms with E-state index in [4.69, 9.17) is 21.1 Å². The number of carbonyl (C=O) groups is 1. The second kappa shape index (κ2) is 8.70. The molecule has 0 saturated carbocycles. The Morgan fingerprint density at radius 1 is 1.11 bits per heavy atom. The summed E-state index contributed by atoms with van der Waals surface area (Å²) in [4.78, 5) is 12.2. The van der Waals surface area contributed by atoms with Crippen molar-refractivity contribution in [2.75, 3.05) is 35.6 Å². The molecule has 2 aromatic rings. The Morgan fingerprint density at radius 2 is 1.79 bits per heavy atom. The van der Waals surface area contributed by atoms with E-state index < -0.39 is 10.0 Å². The van der Waals surface area contributed by atoms with Gasteiger partial charge in [-0.3, -0.25) is 9.10 Å². The van der Waals surface area contributed by atoms with Crippen molar-refractivity contribution in [1.29, 1.82) is 0 Å². The van der Waals surface area contributed by atoms with Crippen molar-refractivity contribution in [3.63, 3.8) is 0 Å². The fourth-order valence-electron chi connectivity index (χ4n) is 2.82. The summed E-state index contributed by atoms with van der Waals surface area (Å²) in [5.74, 6) is 1.03. The zero-order chi connectivity index (χ0) is 20.1. The average molecular weight is 425 g/mol. The van der Waals surface area contributed by atoms with Gasteiger partial charge in [0.1, 0.15) is 13.2 Å². The summed E-state index contributed by atoms with van der Waals surface area (Å²) in [6.07, 6.45) is 1.68. The van der Waals surface area contributed by atoms with E-state index in [0.29, 0.717) is 47.5 Å². The summed E-state index contributed by atoms with van der Waals surface area (Å²) >= 11 is 5.86. The summed E-state index contributed by atoms with van der Waals surface area (Å²) in [6.45, 7) is 1.16. The first-order chi connectivity index (χ1) is 13.3. The maximum absolute atomic E-state index is 12.2. The second-order valence-electron chi connectivity index (χ2n) is 6.32. The number of ether oxygens (including phenoxy) is 2. The number of sulfonamides is 1. The summed E-state index contributed by atoms with van der Waals surface area (Å²) in [5.41, 5.74) is 1.12. The van der Waals surface area contributed by atoms with Crippen LogP contribution in [0.25, 0.3) is 0 Å². The Kier molecular flexibility index (Phi) is 6.31. The van der Waals surface area contributed by atoms with Crippen molar-refractivity contribution < 1.29 is 22.7 Å². The molecule has 150 valence electrons. The van der Waals surface area contributed by atoms with Gasteiger partial charge in [-0.25, -0.2) is 8.42 Å². The van der Waals surface area contributed by atoms with Gasteiger partial charge in [-0.2, -0.15) is 0 Å². The lowest BCUT2D eigenvalue weighted by Gasteiger charge is -2.22. The lowest BCUT2D eigenvalue weighted by molar-refractivity contribution is -0.116. The van der Waals surface area contributed by atoms with E-state index in [-0.39, 0.29) is 18.9 Å². The molecule has 0 bridgehead atoms. The summed E-state index contributed by atoms with van der Waals surface area (Å²) in [6, 6.07) is 11.7. The Bertz CT molecular complexity index is 947. The van der Waals surface area contributed by atoms with Crippen molar-refractivity contribution in [3.05, 3.63) is 47.5 Å². The van der Waals surface area contributed by atoms with Crippen molar-refractivity contribution in [2.45, 2.75) is 12.8 Å². The van der Waals surface area contributed by atoms with Crippen LogP contribution in [0.2, 0.25) is 5.02 Å². The highest BCUT2D eigenvalue weighted by Crippen LogP contribution is 2.32. The van der Waals surface area contributed by atoms with Gasteiger partial charge < -0.3 is 14.8 Å². The summed E-state index contributed by atoms with van der Waals surface area (Å²) < 4.78 is 36.4. The van der Waals surface area contributed by atoms with Gasteiger partial charge in [0.05, 0.1) is 11.9 Å². The number of benzene rings is 2. The minimum absolute atomic E-state index is 0.175. The van der Waals surface area contributed by atoms with Crippen LogP contribution in [0.3, 0.4) is 0 Å². The topological polar surface area (TPSA) is 84.9 Å². The maximum Gasteiger partial charge on any atom is 0.232 e. The fourth-order valence-corrected chi connectivity index (χ4v) is 3.91. The van der Waals surface area contributed by atoms with Crippen molar-refractivity contribution in [2.24, 2.45) is 0 Å². The SMILES string of the molecule is CS(=O)(=O)N(CCCC(=O)Nc1ccc2c(c1)OCCO2)c1ccc(Cl)cc1. The normalized spacial score (nSPS) is 13.1. The van der Waals surface area contributed by atoms with Crippen LogP contribution in [-0.2, 0) is 14.8 Å². The van der Waals surface area contributed by atoms with E-state index in [1.165, 1.54) is 4.31 Å². The first-order valence-electron chi connectivity index (χ1n) is 8.76. The third kappa shape index (κ3) is 5.30. The van der Waals surface area contributed by atoms with E-state index >= 15 is 0 Å². The monoisotopic (exact) mass is 424 g/mol. The van der Waals surface area contributed by atoms with E-state index in [1.54, 1.807) is 42.5 Å². The molecule has 1 aliphatic rings. The average Bonchev–Trinajstić information content (AvgIpc) is 2.65.